The second-order valence-electron chi connectivity index (χ2n) is 6.73. The van der Waals surface area contributed by atoms with Gasteiger partial charge in [-0.1, -0.05) is 25.3 Å². The molecular weight excluding hydrogens is 340 g/mol. The van der Waals surface area contributed by atoms with Gasteiger partial charge in [0.15, 0.2) is 0 Å². The average molecular weight is 369 g/mol. The second-order valence-corrected chi connectivity index (χ2v) is 8.48. The molecule has 1 aromatic heterocycles. The van der Waals surface area contributed by atoms with Crippen LogP contribution in [0.4, 0.5) is 5.82 Å². The van der Waals surface area contributed by atoms with E-state index in [2.05, 4.69) is 21.7 Å². The number of morpholine rings is 1. The summed E-state index contributed by atoms with van der Waals surface area (Å²) in [6.07, 6.45) is 7.92. The zero-order chi connectivity index (χ0) is 17.7. The standard InChI is InChI=1S/C17H28N4O3S/c1-20(16-7-3-2-4-8-16)17-15(6-5-9-18-17)14-19-25(22,23)21-10-12-24-13-11-21/h5-6,9,16,19H,2-4,7-8,10-14H2,1H3. The number of hydrogen-bond acceptors (Lipinski definition) is 5. The normalized spacial score (nSPS) is 20.5. The third-order valence-electron chi connectivity index (χ3n) is 5.08. The van der Waals surface area contributed by atoms with E-state index in [1.807, 2.05) is 12.1 Å². The zero-order valence-electron chi connectivity index (χ0n) is 14.9. The number of hydrogen-bond donors (Lipinski definition) is 1. The maximum Gasteiger partial charge on any atom is 0.279 e. The number of anilines is 1. The van der Waals surface area contributed by atoms with Crippen LogP contribution in [-0.4, -0.2) is 57.1 Å². The molecule has 1 aliphatic heterocycles. The summed E-state index contributed by atoms with van der Waals surface area (Å²) in [5, 5.41) is 0. The Hall–Kier alpha value is -1.22. The van der Waals surface area contributed by atoms with Crippen LogP contribution in [0.5, 0.6) is 0 Å². The number of aromatic nitrogens is 1. The van der Waals surface area contributed by atoms with Gasteiger partial charge in [-0.2, -0.15) is 17.4 Å². The lowest BCUT2D eigenvalue weighted by molar-refractivity contribution is 0.0725. The highest BCUT2D eigenvalue weighted by molar-refractivity contribution is 7.87. The summed E-state index contributed by atoms with van der Waals surface area (Å²) >= 11 is 0. The van der Waals surface area contributed by atoms with E-state index in [0.29, 0.717) is 32.3 Å². The number of nitrogens with zero attached hydrogens (tertiary/aromatic N) is 3. The fourth-order valence-corrected chi connectivity index (χ4v) is 4.72. The average Bonchev–Trinajstić information content (AvgIpc) is 2.67. The highest BCUT2D eigenvalue weighted by Crippen LogP contribution is 2.27. The van der Waals surface area contributed by atoms with Gasteiger partial charge in [-0.15, -0.1) is 0 Å². The fourth-order valence-electron chi connectivity index (χ4n) is 3.57. The van der Waals surface area contributed by atoms with Crippen LogP contribution in [0.1, 0.15) is 37.7 Å². The Morgan fingerprint density at radius 3 is 2.72 bits per heavy atom. The van der Waals surface area contributed by atoms with Crippen molar-refractivity contribution >= 4 is 16.0 Å². The highest BCUT2D eigenvalue weighted by Gasteiger charge is 2.25. The van der Waals surface area contributed by atoms with Gasteiger partial charge in [0.05, 0.1) is 13.2 Å². The topological polar surface area (TPSA) is 74.8 Å². The first kappa shape index (κ1) is 18.6. The summed E-state index contributed by atoms with van der Waals surface area (Å²) in [5.41, 5.74) is 0.910. The Balaban J connectivity index is 1.68. The third kappa shape index (κ3) is 4.69. The minimum atomic E-state index is -3.49. The first-order valence-electron chi connectivity index (χ1n) is 9.07. The first-order valence-corrected chi connectivity index (χ1v) is 10.5. The molecule has 0 spiro atoms. The van der Waals surface area contributed by atoms with Gasteiger partial charge in [0.25, 0.3) is 10.2 Å². The van der Waals surface area contributed by atoms with Gasteiger partial charge in [0.2, 0.25) is 0 Å². The van der Waals surface area contributed by atoms with E-state index in [-0.39, 0.29) is 6.54 Å². The molecule has 1 saturated carbocycles. The highest BCUT2D eigenvalue weighted by atomic mass is 32.2. The van der Waals surface area contributed by atoms with Gasteiger partial charge in [-0.05, 0) is 18.9 Å². The van der Waals surface area contributed by atoms with Crippen molar-refractivity contribution in [2.45, 2.75) is 44.7 Å². The Labute approximate surface area is 150 Å². The van der Waals surface area contributed by atoms with Crippen molar-refractivity contribution in [3.8, 4) is 0 Å². The number of ether oxygens (including phenoxy) is 1. The molecule has 0 unspecified atom stereocenters. The molecular formula is C17H28N4O3S. The molecule has 3 rings (SSSR count). The Morgan fingerprint density at radius 2 is 2.00 bits per heavy atom. The van der Waals surface area contributed by atoms with E-state index in [1.54, 1.807) is 6.20 Å². The number of rotatable bonds is 6. The van der Waals surface area contributed by atoms with E-state index in [0.717, 1.165) is 11.4 Å². The molecule has 2 aliphatic rings. The molecule has 7 nitrogen and oxygen atoms in total. The van der Waals surface area contributed by atoms with Crippen molar-refractivity contribution in [3.05, 3.63) is 23.9 Å². The van der Waals surface area contributed by atoms with Gasteiger partial charge >= 0.3 is 0 Å². The monoisotopic (exact) mass is 368 g/mol. The summed E-state index contributed by atoms with van der Waals surface area (Å²) in [5.74, 6) is 0.874. The number of nitrogens with one attached hydrogen (secondary N) is 1. The van der Waals surface area contributed by atoms with E-state index in [4.69, 9.17) is 4.74 Å². The zero-order valence-corrected chi connectivity index (χ0v) is 15.7. The first-order chi connectivity index (χ1) is 12.1. The van der Waals surface area contributed by atoms with Crippen LogP contribution < -0.4 is 9.62 Å². The molecule has 8 heteroatoms. The molecule has 1 saturated heterocycles. The summed E-state index contributed by atoms with van der Waals surface area (Å²) in [4.78, 5) is 6.74. The summed E-state index contributed by atoms with van der Waals surface area (Å²) in [6, 6.07) is 4.29. The second kappa shape index (κ2) is 8.44. The lowest BCUT2D eigenvalue weighted by Crippen LogP contribution is -2.46. The lowest BCUT2D eigenvalue weighted by atomic mass is 9.94. The molecule has 1 aromatic rings. The van der Waals surface area contributed by atoms with Gasteiger partial charge in [-0.25, -0.2) is 4.98 Å². The molecule has 25 heavy (non-hydrogen) atoms. The van der Waals surface area contributed by atoms with E-state index in [1.165, 1.54) is 36.4 Å². The van der Waals surface area contributed by atoms with E-state index < -0.39 is 10.2 Å². The smallest absolute Gasteiger partial charge is 0.279 e. The molecule has 0 aromatic carbocycles. The van der Waals surface area contributed by atoms with Crippen molar-refractivity contribution in [2.75, 3.05) is 38.3 Å². The van der Waals surface area contributed by atoms with Crippen LogP contribution in [0.25, 0.3) is 0 Å². The van der Waals surface area contributed by atoms with Gasteiger partial charge in [-0.3, -0.25) is 0 Å². The van der Waals surface area contributed by atoms with E-state index >= 15 is 0 Å². The van der Waals surface area contributed by atoms with Crippen LogP contribution in [-0.2, 0) is 21.5 Å². The van der Waals surface area contributed by atoms with Gasteiger partial charge in [0, 0.05) is 44.5 Å². The molecule has 0 atom stereocenters. The molecule has 140 valence electrons. The van der Waals surface area contributed by atoms with Crippen LogP contribution in [0.2, 0.25) is 0 Å². The number of pyridine rings is 1. The van der Waals surface area contributed by atoms with Crippen LogP contribution >= 0.6 is 0 Å². The SMILES string of the molecule is CN(c1ncccc1CNS(=O)(=O)N1CCOCC1)C1CCCCC1. The van der Waals surface area contributed by atoms with Crippen molar-refractivity contribution in [3.63, 3.8) is 0 Å². The van der Waals surface area contributed by atoms with Gasteiger partial charge in [0.1, 0.15) is 5.82 Å². The Kier molecular flexibility index (Phi) is 6.27. The molecule has 1 N–H and O–H groups in total. The predicted molar refractivity (Wildman–Crippen MR) is 97.7 cm³/mol. The largest absolute Gasteiger partial charge is 0.379 e. The fraction of sp³-hybridized carbons (Fsp3) is 0.706. The summed E-state index contributed by atoms with van der Waals surface area (Å²) in [7, 11) is -1.42. The summed E-state index contributed by atoms with van der Waals surface area (Å²) in [6.45, 7) is 1.95. The lowest BCUT2D eigenvalue weighted by Gasteiger charge is -2.33. The molecule has 1 aliphatic carbocycles. The molecule has 2 heterocycles. The maximum absolute atomic E-state index is 12.5. The molecule has 2 fully saturated rings. The molecule has 0 radical (unpaired) electrons. The molecule has 0 bridgehead atoms. The Morgan fingerprint density at radius 1 is 1.28 bits per heavy atom. The quantitative estimate of drug-likeness (QED) is 0.824. The van der Waals surface area contributed by atoms with Crippen LogP contribution in [0.15, 0.2) is 18.3 Å². The maximum atomic E-state index is 12.5. The van der Waals surface area contributed by atoms with Crippen LogP contribution in [0.3, 0.4) is 0 Å². The van der Waals surface area contributed by atoms with Crippen molar-refractivity contribution < 1.29 is 13.2 Å². The van der Waals surface area contributed by atoms with E-state index in [9.17, 15) is 8.42 Å². The van der Waals surface area contributed by atoms with Crippen molar-refractivity contribution in [1.82, 2.24) is 14.0 Å². The minimum absolute atomic E-state index is 0.250. The minimum Gasteiger partial charge on any atom is -0.379 e. The van der Waals surface area contributed by atoms with Gasteiger partial charge < -0.3 is 9.64 Å². The summed E-state index contributed by atoms with van der Waals surface area (Å²) < 4.78 is 34.3. The Bertz CT molecular complexity index is 656. The third-order valence-corrected chi connectivity index (χ3v) is 6.63. The predicted octanol–water partition coefficient (Wildman–Crippen LogP) is 1.52. The van der Waals surface area contributed by atoms with Crippen LogP contribution in [0, 0.1) is 0 Å². The molecule has 0 amide bonds. The van der Waals surface area contributed by atoms with Crippen molar-refractivity contribution in [2.24, 2.45) is 0 Å². The van der Waals surface area contributed by atoms with Crippen molar-refractivity contribution in [1.29, 1.82) is 0 Å².